The molecule has 2 nitrogen and oxygen atoms in total. The molecule has 15 heavy (non-hydrogen) atoms. The maximum absolute atomic E-state index is 11.8. The number of ketones is 1. The Labute approximate surface area is 84.2 Å². The van der Waals surface area contributed by atoms with Crippen molar-refractivity contribution in [2.24, 2.45) is 0 Å². The molecule has 1 aromatic carbocycles. The summed E-state index contributed by atoms with van der Waals surface area (Å²) in [6.07, 6.45) is -3.23. The molecular weight excluding hydrogens is 207 g/mol. The highest BCUT2D eigenvalue weighted by Gasteiger charge is 2.35. The van der Waals surface area contributed by atoms with Crippen molar-refractivity contribution >= 4 is 17.5 Å². The predicted molar refractivity (Wildman–Crippen MR) is 51.0 cm³/mol. The Morgan fingerprint density at radius 3 is 2.20 bits per heavy atom. The van der Waals surface area contributed by atoms with Gasteiger partial charge in [-0.3, -0.25) is 4.79 Å². The van der Waals surface area contributed by atoms with Crippen molar-refractivity contribution < 1.29 is 18.0 Å². The predicted octanol–water partition coefficient (Wildman–Crippen LogP) is 2.41. The molecule has 5 heteroatoms. The maximum atomic E-state index is 11.8. The Morgan fingerprint density at radius 2 is 1.73 bits per heavy atom. The largest absolute Gasteiger partial charge is 0.454 e. The lowest BCUT2D eigenvalue weighted by Gasteiger charge is -1.99. The van der Waals surface area contributed by atoms with Crippen molar-refractivity contribution in [3.8, 4) is 0 Å². The molecule has 80 valence electrons. The van der Waals surface area contributed by atoms with Gasteiger partial charge in [0.1, 0.15) is 0 Å². The molecule has 0 amide bonds. The van der Waals surface area contributed by atoms with Gasteiger partial charge in [0.25, 0.3) is 5.78 Å². The average molecular weight is 215 g/mol. The van der Waals surface area contributed by atoms with E-state index in [0.717, 1.165) is 6.08 Å². The summed E-state index contributed by atoms with van der Waals surface area (Å²) in [5.41, 5.74) is 6.38. The third-order valence-corrected chi connectivity index (χ3v) is 1.64. The first-order valence-corrected chi connectivity index (χ1v) is 4.04. The first-order valence-electron chi connectivity index (χ1n) is 4.04. The van der Waals surface area contributed by atoms with Crippen molar-refractivity contribution in [2.75, 3.05) is 5.73 Å². The summed E-state index contributed by atoms with van der Waals surface area (Å²) < 4.78 is 35.4. The summed E-state index contributed by atoms with van der Waals surface area (Å²) in [6, 6.07) is 6.13. The van der Waals surface area contributed by atoms with Gasteiger partial charge in [0.15, 0.2) is 0 Å². The lowest BCUT2D eigenvalue weighted by Crippen LogP contribution is -2.19. The number of hydrogen-bond acceptors (Lipinski definition) is 2. The van der Waals surface area contributed by atoms with Crippen LogP contribution in [0.4, 0.5) is 18.9 Å². The van der Waals surface area contributed by atoms with E-state index in [9.17, 15) is 18.0 Å². The average Bonchev–Trinajstić information content (AvgIpc) is 2.15. The van der Waals surface area contributed by atoms with Crippen LogP contribution in [0, 0.1) is 0 Å². The molecule has 0 aliphatic heterocycles. The van der Waals surface area contributed by atoms with E-state index in [1.165, 1.54) is 24.3 Å². The first kappa shape index (κ1) is 11.3. The fourth-order valence-corrected chi connectivity index (χ4v) is 0.874. The molecule has 0 aliphatic rings. The number of carbonyl (C=O) groups is 1. The highest BCUT2D eigenvalue weighted by molar-refractivity contribution is 5.97. The number of allylic oxidation sites excluding steroid dienone is 1. The minimum atomic E-state index is -4.82. The second kappa shape index (κ2) is 4.16. The summed E-state index contributed by atoms with van der Waals surface area (Å²) in [7, 11) is 0. The Hall–Kier alpha value is -1.78. The maximum Gasteiger partial charge on any atom is 0.454 e. The fourth-order valence-electron chi connectivity index (χ4n) is 0.874. The molecule has 0 aromatic heterocycles. The van der Waals surface area contributed by atoms with Crippen molar-refractivity contribution in [3.63, 3.8) is 0 Å². The van der Waals surface area contributed by atoms with Crippen molar-refractivity contribution in [1.82, 2.24) is 0 Å². The highest BCUT2D eigenvalue weighted by atomic mass is 19.4. The van der Waals surface area contributed by atoms with Gasteiger partial charge in [0.05, 0.1) is 0 Å². The summed E-state index contributed by atoms with van der Waals surface area (Å²) in [5.74, 6) is -1.88. The Bertz CT molecular complexity index is 379. The van der Waals surface area contributed by atoms with E-state index < -0.39 is 12.0 Å². The smallest absolute Gasteiger partial charge is 0.399 e. The Balaban J connectivity index is 2.74. The third kappa shape index (κ3) is 3.46. The molecular formula is C10H8F3NO. The van der Waals surface area contributed by atoms with Gasteiger partial charge in [-0.15, -0.1) is 0 Å². The molecule has 0 spiro atoms. The minimum absolute atomic E-state index is 0.488. The topological polar surface area (TPSA) is 43.1 Å². The van der Waals surface area contributed by atoms with Crippen LogP contribution in [0.25, 0.3) is 6.08 Å². The fraction of sp³-hybridized carbons (Fsp3) is 0.100. The van der Waals surface area contributed by atoms with Gasteiger partial charge in [-0.2, -0.15) is 13.2 Å². The van der Waals surface area contributed by atoms with Crippen LogP contribution in [-0.4, -0.2) is 12.0 Å². The van der Waals surface area contributed by atoms with Gasteiger partial charge in [0, 0.05) is 5.69 Å². The molecule has 2 N–H and O–H groups in total. The lowest BCUT2D eigenvalue weighted by atomic mass is 10.2. The molecule has 0 atom stereocenters. The van der Waals surface area contributed by atoms with Gasteiger partial charge in [-0.25, -0.2) is 0 Å². The number of carbonyl (C=O) groups excluding carboxylic acids is 1. The van der Waals surface area contributed by atoms with Crippen molar-refractivity contribution in [2.45, 2.75) is 6.18 Å². The normalized spacial score (nSPS) is 11.9. The van der Waals surface area contributed by atoms with E-state index in [0.29, 0.717) is 17.3 Å². The quantitative estimate of drug-likeness (QED) is 0.608. The zero-order chi connectivity index (χ0) is 11.5. The molecule has 0 unspecified atom stereocenters. The van der Waals surface area contributed by atoms with E-state index in [-0.39, 0.29) is 0 Å². The van der Waals surface area contributed by atoms with Crippen LogP contribution in [-0.2, 0) is 4.79 Å². The van der Waals surface area contributed by atoms with Crippen LogP contribution in [0.2, 0.25) is 0 Å². The van der Waals surface area contributed by atoms with E-state index in [2.05, 4.69) is 0 Å². The number of nitrogens with two attached hydrogens (primary N) is 1. The summed E-state index contributed by atoms with van der Waals surface area (Å²) in [4.78, 5) is 10.5. The van der Waals surface area contributed by atoms with Gasteiger partial charge < -0.3 is 5.73 Å². The Morgan fingerprint density at radius 1 is 1.20 bits per heavy atom. The van der Waals surface area contributed by atoms with Crippen LogP contribution in [0.3, 0.4) is 0 Å². The SMILES string of the molecule is Nc1ccc(/C=C/C(=O)C(F)(F)F)cc1. The van der Waals surface area contributed by atoms with Gasteiger partial charge >= 0.3 is 6.18 Å². The van der Waals surface area contributed by atoms with Crippen LogP contribution in [0.5, 0.6) is 0 Å². The zero-order valence-corrected chi connectivity index (χ0v) is 7.58. The number of alkyl halides is 3. The van der Waals surface area contributed by atoms with E-state index in [1.807, 2.05) is 0 Å². The van der Waals surface area contributed by atoms with Crippen molar-refractivity contribution in [1.29, 1.82) is 0 Å². The number of benzene rings is 1. The molecule has 0 aliphatic carbocycles. The standard InChI is InChI=1S/C10H8F3NO/c11-10(12,13)9(15)6-3-7-1-4-8(14)5-2-7/h1-6H,14H2/b6-3+. The molecule has 0 heterocycles. The van der Waals surface area contributed by atoms with E-state index in [4.69, 9.17) is 5.73 Å². The second-order valence-corrected chi connectivity index (χ2v) is 2.86. The second-order valence-electron chi connectivity index (χ2n) is 2.86. The lowest BCUT2D eigenvalue weighted by molar-refractivity contribution is -0.165. The van der Waals surface area contributed by atoms with Crippen LogP contribution < -0.4 is 5.73 Å². The van der Waals surface area contributed by atoms with E-state index >= 15 is 0 Å². The number of rotatable bonds is 2. The summed E-state index contributed by atoms with van der Waals surface area (Å²) in [5, 5.41) is 0. The molecule has 0 bridgehead atoms. The molecule has 0 radical (unpaired) electrons. The zero-order valence-electron chi connectivity index (χ0n) is 7.58. The number of anilines is 1. The molecule has 1 rings (SSSR count). The van der Waals surface area contributed by atoms with Gasteiger partial charge in [0.2, 0.25) is 0 Å². The van der Waals surface area contributed by atoms with Crippen LogP contribution in [0.1, 0.15) is 5.56 Å². The monoisotopic (exact) mass is 215 g/mol. The summed E-state index contributed by atoms with van der Waals surface area (Å²) >= 11 is 0. The first-order chi connectivity index (χ1) is 6.89. The Kier molecular flexibility index (Phi) is 3.14. The van der Waals surface area contributed by atoms with Gasteiger partial charge in [-0.1, -0.05) is 18.2 Å². The number of halogens is 3. The number of hydrogen-bond donors (Lipinski definition) is 1. The third-order valence-electron chi connectivity index (χ3n) is 1.64. The van der Waals surface area contributed by atoms with Crippen LogP contribution in [0.15, 0.2) is 30.3 Å². The number of nitrogen functional groups attached to an aromatic ring is 1. The van der Waals surface area contributed by atoms with Gasteiger partial charge in [-0.05, 0) is 23.8 Å². The molecule has 0 saturated heterocycles. The summed E-state index contributed by atoms with van der Waals surface area (Å²) in [6.45, 7) is 0. The molecule has 1 aromatic rings. The highest BCUT2D eigenvalue weighted by Crippen LogP contribution is 2.17. The molecule has 0 fully saturated rings. The van der Waals surface area contributed by atoms with Crippen LogP contribution >= 0.6 is 0 Å². The minimum Gasteiger partial charge on any atom is -0.399 e. The van der Waals surface area contributed by atoms with E-state index in [1.54, 1.807) is 0 Å². The van der Waals surface area contributed by atoms with Crippen molar-refractivity contribution in [3.05, 3.63) is 35.9 Å². The molecule has 0 saturated carbocycles.